The third-order valence-corrected chi connectivity index (χ3v) is 4.32. The minimum absolute atomic E-state index is 0.282. The van der Waals surface area contributed by atoms with E-state index in [9.17, 15) is 0 Å². The van der Waals surface area contributed by atoms with Crippen molar-refractivity contribution >= 4 is 17.4 Å². The summed E-state index contributed by atoms with van der Waals surface area (Å²) in [7, 11) is 0. The molecule has 1 aliphatic heterocycles. The van der Waals surface area contributed by atoms with Crippen molar-refractivity contribution in [2.45, 2.75) is 52.5 Å². The van der Waals surface area contributed by atoms with Crippen molar-refractivity contribution in [3.8, 4) is 0 Å². The van der Waals surface area contributed by atoms with E-state index in [0.29, 0.717) is 11.2 Å². The number of anilines is 1. The van der Waals surface area contributed by atoms with Crippen LogP contribution in [0.4, 0.5) is 5.82 Å². The summed E-state index contributed by atoms with van der Waals surface area (Å²) in [5.41, 5.74) is 0.935. The summed E-state index contributed by atoms with van der Waals surface area (Å²) in [5, 5.41) is 4.00. The normalized spacial score (nSPS) is 17.7. The number of nitrogens with one attached hydrogen (secondary N) is 1. The fourth-order valence-corrected chi connectivity index (χ4v) is 2.67. The third-order valence-electron chi connectivity index (χ3n) is 3.95. The highest BCUT2D eigenvalue weighted by Gasteiger charge is 2.18. The number of aromatic nitrogens is 2. The SMILES string of the molecule is Cc1c(Cl)nc(C(C)C)nc1NCC(C)N1CCCC1. The van der Waals surface area contributed by atoms with Gasteiger partial charge in [0.25, 0.3) is 0 Å². The number of hydrogen-bond acceptors (Lipinski definition) is 4. The van der Waals surface area contributed by atoms with Crippen LogP contribution >= 0.6 is 11.6 Å². The maximum Gasteiger partial charge on any atom is 0.137 e. The minimum Gasteiger partial charge on any atom is -0.368 e. The molecule has 0 bridgehead atoms. The topological polar surface area (TPSA) is 41.1 Å². The van der Waals surface area contributed by atoms with Crippen molar-refractivity contribution in [3.63, 3.8) is 0 Å². The van der Waals surface area contributed by atoms with E-state index in [1.807, 2.05) is 6.92 Å². The molecule has 0 aliphatic carbocycles. The van der Waals surface area contributed by atoms with Crippen molar-refractivity contribution < 1.29 is 0 Å². The molecule has 1 aliphatic rings. The molecular weight excluding hydrogens is 272 g/mol. The molecule has 0 amide bonds. The second-order valence-electron chi connectivity index (χ2n) is 5.97. The molecule has 1 unspecified atom stereocenters. The van der Waals surface area contributed by atoms with Gasteiger partial charge in [0, 0.05) is 24.1 Å². The number of halogens is 1. The van der Waals surface area contributed by atoms with Gasteiger partial charge in [0.15, 0.2) is 0 Å². The molecule has 2 heterocycles. The monoisotopic (exact) mass is 296 g/mol. The van der Waals surface area contributed by atoms with Gasteiger partial charge < -0.3 is 5.32 Å². The molecule has 112 valence electrons. The fraction of sp³-hybridized carbons (Fsp3) is 0.733. The van der Waals surface area contributed by atoms with Crippen LogP contribution in [0.25, 0.3) is 0 Å². The van der Waals surface area contributed by atoms with E-state index in [4.69, 9.17) is 11.6 Å². The van der Waals surface area contributed by atoms with Gasteiger partial charge in [-0.05, 0) is 39.8 Å². The summed E-state index contributed by atoms with van der Waals surface area (Å²) in [6.07, 6.45) is 2.64. The number of hydrogen-bond donors (Lipinski definition) is 1. The van der Waals surface area contributed by atoms with Crippen molar-refractivity contribution in [2.24, 2.45) is 0 Å². The molecule has 20 heavy (non-hydrogen) atoms. The zero-order valence-corrected chi connectivity index (χ0v) is 13.7. The Bertz CT molecular complexity index is 455. The predicted molar refractivity (Wildman–Crippen MR) is 84.6 cm³/mol. The van der Waals surface area contributed by atoms with Crippen LogP contribution in [0.1, 0.15) is 50.9 Å². The van der Waals surface area contributed by atoms with Gasteiger partial charge in [0.1, 0.15) is 16.8 Å². The zero-order valence-electron chi connectivity index (χ0n) is 12.9. The maximum absolute atomic E-state index is 6.20. The fourth-order valence-electron chi connectivity index (χ4n) is 2.49. The Morgan fingerprint density at radius 2 is 1.85 bits per heavy atom. The Hall–Kier alpha value is -0.870. The Kier molecular flexibility index (Phi) is 5.22. The van der Waals surface area contributed by atoms with E-state index < -0.39 is 0 Å². The van der Waals surface area contributed by atoms with Gasteiger partial charge in [-0.25, -0.2) is 9.97 Å². The standard InChI is InChI=1S/C15H25ClN4/c1-10(2)14-18-13(16)12(4)15(19-14)17-9-11(3)20-7-5-6-8-20/h10-11H,5-9H2,1-4H3,(H,17,18,19). The molecule has 4 nitrogen and oxygen atoms in total. The first kappa shape index (κ1) is 15.5. The van der Waals surface area contributed by atoms with Gasteiger partial charge in [-0.2, -0.15) is 0 Å². The van der Waals surface area contributed by atoms with Crippen LogP contribution in [0.2, 0.25) is 5.15 Å². The summed E-state index contributed by atoms with van der Waals surface area (Å²) in [4.78, 5) is 11.5. The number of nitrogens with zero attached hydrogens (tertiary/aromatic N) is 3. The molecule has 0 spiro atoms. The second-order valence-corrected chi connectivity index (χ2v) is 6.33. The van der Waals surface area contributed by atoms with Gasteiger partial charge in [-0.1, -0.05) is 25.4 Å². The van der Waals surface area contributed by atoms with Crippen LogP contribution in [-0.4, -0.2) is 40.5 Å². The first-order chi connectivity index (χ1) is 9.49. The van der Waals surface area contributed by atoms with Crippen molar-refractivity contribution in [1.29, 1.82) is 0 Å². The quantitative estimate of drug-likeness (QED) is 0.845. The molecule has 1 aromatic rings. The molecule has 0 saturated carbocycles. The smallest absolute Gasteiger partial charge is 0.137 e. The summed E-state index contributed by atoms with van der Waals surface area (Å²) < 4.78 is 0. The summed E-state index contributed by atoms with van der Waals surface area (Å²) in [6, 6.07) is 0.521. The molecule has 1 N–H and O–H groups in total. The predicted octanol–water partition coefficient (Wildman–Crippen LogP) is 3.46. The van der Waals surface area contributed by atoms with E-state index >= 15 is 0 Å². The largest absolute Gasteiger partial charge is 0.368 e. The van der Waals surface area contributed by atoms with Crippen LogP contribution < -0.4 is 5.32 Å². The Labute approximate surface area is 126 Å². The van der Waals surface area contributed by atoms with E-state index in [0.717, 1.165) is 23.8 Å². The van der Waals surface area contributed by atoms with E-state index in [2.05, 4.69) is 41.0 Å². The van der Waals surface area contributed by atoms with E-state index in [1.165, 1.54) is 25.9 Å². The Morgan fingerprint density at radius 3 is 2.45 bits per heavy atom. The lowest BCUT2D eigenvalue weighted by atomic mass is 10.2. The zero-order chi connectivity index (χ0) is 14.7. The van der Waals surface area contributed by atoms with Gasteiger partial charge in [0.05, 0.1) is 0 Å². The van der Waals surface area contributed by atoms with Gasteiger partial charge >= 0.3 is 0 Å². The van der Waals surface area contributed by atoms with E-state index in [1.54, 1.807) is 0 Å². The van der Waals surface area contributed by atoms with Crippen LogP contribution in [0.5, 0.6) is 0 Å². The molecule has 0 radical (unpaired) electrons. The lowest BCUT2D eigenvalue weighted by Crippen LogP contribution is -2.35. The van der Waals surface area contributed by atoms with Crippen molar-refractivity contribution in [2.75, 3.05) is 25.0 Å². The van der Waals surface area contributed by atoms with Crippen LogP contribution in [0.3, 0.4) is 0 Å². The van der Waals surface area contributed by atoms with Crippen molar-refractivity contribution in [1.82, 2.24) is 14.9 Å². The minimum atomic E-state index is 0.282. The number of likely N-dealkylation sites (tertiary alicyclic amines) is 1. The highest BCUT2D eigenvalue weighted by molar-refractivity contribution is 6.30. The maximum atomic E-state index is 6.20. The first-order valence-electron chi connectivity index (χ1n) is 7.51. The van der Waals surface area contributed by atoms with Gasteiger partial charge in [-0.15, -0.1) is 0 Å². The second kappa shape index (κ2) is 6.72. The lowest BCUT2D eigenvalue weighted by Gasteiger charge is -2.24. The van der Waals surface area contributed by atoms with Crippen LogP contribution in [-0.2, 0) is 0 Å². The molecular formula is C15H25ClN4. The van der Waals surface area contributed by atoms with Crippen LogP contribution in [0, 0.1) is 6.92 Å². The molecule has 1 saturated heterocycles. The van der Waals surface area contributed by atoms with E-state index in [-0.39, 0.29) is 5.92 Å². The highest BCUT2D eigenvalue weighted by Crippen LogP contribution is 2.23. The third kappa shape index (κ3) is 3.61. The molecule has 0 aromatic carbocycles. The average molecular weight is 297 g/mol. The molecule has 2 rings (SSSR count). The van der Waals surface area contributed by atoms with Crippen molar-refractivity contribution in [3.05, 3.63) is 16.5 Å². The Morgan fingerprint density at radius 1 is 1.20 bits per heavy atom. The highest BCUT2D eigenvalue weighted by atomic mass is 35.5. The van der Waals surface area contributed by atoms with Gasteiger partial charge in [0.2, 0.25) is 0 Å². The number of rotatable bonds is 5. The Balaban J connectivity index is 2.04. The summed E-state index contributed by atoms with van der Waals surface area (Å²) in [5.74, 6) is 1.96. The average Bonchev–Trinajstić information content (AvgIpc) is 2.93. The van der Waals surface area contributed by atoms with Gasteiger partial charge in [-0.3, -0.25) is 4.90 Å². The van der Waals surface area contributed by atoms with Crippen LogP contribution in [0.15, 0.2) is 0 Å². The summed E-state index contributed by atoms with van der Waals surface area (Å²) >= 11 is 6.20. The molecule has 1 aromatic heterocycles. The molecule has 1 atom stereocenters. The first-order valence-corrected chi connectivity index (χ1v) is 7.88. The molecule has 1 fully saturated rings. The lowest BCUT2D eigenvalue weighted by molar-refractivity contribution is 0.269. The molecule has 5 heteroatoms. The summed E-state index contributed by atoms with van der Waals surface area (Å²) in [6.45, 7) is 11.7.